The summed E-state index contributed by atoms with van der Waals surface area (Å²) in [5.74, 6) is 1.60. The first-order chi connectivity index (χ1) is 12.8. The van der Waals surface area contributed by atoms with E-state index >= 15 is 0 Å². The molecular weight excluding hydrogens is 322 g/mol. The van der Waals surface area contributed by atoms with Crippen LogP contribution in [-0.4, -0.2) is 27.8 Å². The molecule has 3 heterocycles. The fourth-order valence-corrected chi connectivity index (χ4v) is 4.12. The van der Waals surface area contributed by atoms with Gasteiger partial charge in [-0.3, -0.25) is 0 Å². The molecule has 0 aliphatic carbocycles. The van der Waals surface area contributed by atoms with Gasteiger partial charge in [-0.1, -0.05) is 42.5 Å². The maximum atomic E-state index is 4.88. The Morgan fingerprint density at radius 2 is 1.73 bits per heavy atom. The Kier molecular flexibility index (Phi) is 3.59. The van der Waals surface area contributed by atoms with Gasteiger partial charge in [0.15, 0.2) is 5.82 Å². The van der Waals surface area contributed by atoms with E-state index in [1.807, 2.05) is 0 Å². The minimum atomic E-state index is 0.374. The highest BCUT2D eigenvalue weighted by molar-refractivity contribution is 5.68. The molecule has 5 nitrogen and oxygen atoms in total. The van der Waals surface area contributed by atoms with Crippen molar-refractivity contribution in [2.45, 2.75) is 32.4 Å². The number of fused-ring (bicyclic) bond motifs is 2. The van der Waals surface area contributed by atoms with Crippen molar-refractivity contribution in [1.29, 1.82) is 0 Å². The largest absolute Gasteiger partial charge is 0.335 e. The van der Waals surface area contributed by atoms with E-state index < -0.39 is 0 Å². The second-order valence-electron chi connectivity index (χ2n) is 7.11. The standard InChI is InChI=1S/C21H21N5/c1-15-12-17-7-4-5-9-19(17)26(15)20-13-22-24-21(23-20)25-11-10-16-6-2-3-8-18(16)14-25/h2-9,13,15H,10-12,14H2,1H3. The summed E-state index contributed by atoms with van der Waals surface area (Å²) < 4.78 is 0. The van der Waals surface area contributed by atoms with E-state index in [0.717, 1.165) is 31.7 Å². The van der Waals surface area contributed by atoms with Gasteiger partial charge in [-0.15, -0.1) is 5.10 Å². The minimum absolute atomic E-state index is 0.374. The maximum Gasteiger partial charge on any atom is 0.247 e. The number of rotatable bonds is 2. The molecule has 0 saturated heterocycles. The average molecular weight is 343 g/mol. The van der Waals surface area contributed by atoms with Gasteiger partial charge >= 0.3 is 0 Å². The third-order valence-electron chi connectivity index (χ3n) is 5.40. The third-order valence-corrected chi connectivity index (χ3v) is 5.40. The Hall–Kier alpha value is -2.95. The Morgan fingerprint density at radius 3 is 2.62 bits per heavy atom. The predicted molar refractivity (Wildman–Crippen MR) is 103 cm³/mol. The molecule has 1 aromatic heterocycles. The number of anilines is 3. The lowest BCUT2D eigenvalue weighted by Gasteiger charge is -2.29. The fourth-order valence-electron chi connectivity index (χ4n) is 4.12. The minimum Gasteiger partial charge on any atom is -0.335 e. The zero-order valence-electron chi connectivity index (χ0n) is 14.8. The lowest BCUT2D eigenvalue weighted by molar-refractivity contribution is 0.689. The monoisotopic (exact) mass is 343 g/mol. The number of hydrogen-bond donors (Lipinski definition) is 0. The molecule has 2 aromatic carbocycles. The summed E-state index contributed by atoms with van der Waals surface area (Å²) in [4.78, 5) is 9.39. The van der Waals surface area contributed by atoms with Crippen LogP contribution in [0.4, 0.5) is 17.5 Å². The van der Waals surface area contributed by atoms with E-state index in [9.17, 15) is 0 Å². The van der Waals surface area contributed by atoms with Gasteiger partial charge in [-0.25, -0.2) is 0 Å². The summed E-state index contributed by atoms with van der Waals surface area (Å²) in [7, 11) is 0. The highest BCUT2D eigenvalue weighted by Gasteiger charge is 2.29. The topological polar surface area (TPSA) is 45.2 Å². The van der Waals surface area contributed by atoms with Crippen LogP contribution in [0.2, 0.25) is 0 Å². The molecule has 5 heteroatoms. The van der Waals surface area contributed by atoms with Crippen molar-refractivity contribution in [3.05, 3.63) is 71.4 Å². The molecule has 3 aromatic rings. The van der Waals surface area contributed by atoms with Gasteiger partial charge in [0.2, 0.25) is 5.95 Å². The summed E-state index contributed by atoms with van der Waals surface area (Å²) in [6.07, 6.45) is 3.83. The summed E-state index contributed by atoms with van der Waals surface area (Å²) in [6, 6.07) is 17.5. The van der Waals surface area contributed by atoms with Crippen molar-refractivity contribution in [3.63, 3.8) is 0 Å². The molecule has 0 radical (unpaired) electrons. The summed E-state index contributed by atoms with van der Waals surface area (Å²) in [5, 5.41) is 8.60. The van der Waals surface area contributed by atoms with E-state index in [1.165, 1.54) is 22.4 Å². The maximum absolute atomic E-state index is 4.88. The van der Waals surface area contributed by atoms with Crippen LogP contribution >= 0.6 is 0 Å². The number of para-hydroxylation sites is 1. The molecule has 1 unspecified atom stereocenters. The molecule has 5 rings (SSSR count). The molecule has 130 valence electrons. The quantitative estimate of drug-likeness (QED) is 0.712. The van der Waals surface area contributed by atoms with E-state index in [1.54, 1.807) is 6.20 Å². The van der Waals surface area contributed by atoms with Crippen molar-refractivity contribution in [2.24, 2.45) is 0 Å². The van der Waals surface area contributed by atoms with Gasteiger partial charge in [0.05, 0.1) is 6.20 Å². The van der Waals surface area contributed by atoms with Crippen LogP contribution in [0, 0.1) is 0 Å². The summed E-state index contributed by atoms with van der Waals surface area (Å²) >= 11 is 0. The lowest BCUT2D eigenvalue weighted by atomic mass is 10.0. The SMILES string of the molecule is CC1Cc2ccccc2N1c1cnnc(N2CCc3ccccc3C2)n1. The molecule has 0 saturated carbocycles. The van der Waals surface area contributed by atoms with Crippen molar-refractivity contribution in [1.82, 2.24) is 15.2 Å². The van der Waals surface area contributed by atoms with E-state index in [0.29, 0.717) is 12.0 Å². The zero-order valence-corrected chi connectivity index (χ0v) is 14.8. The van der Waals surface area contributed by atoms with Gasteiger partial charge in [0.25, 0.3) is 0 Å². The number of nitrogens with zero attached hydrogens (tertiary/aromatic N) is 5. The van der Waals surface area contributed by atoms with Crippen molar-refractivity contribution in [2.75, 3.05) is 16.3 Å². The zero-order chi connectivity index (χ0) is 17.5. The van der Waals surface area contributed by atoms with Gasteiger partial charge in [0, 0.05) is 24.8 Å². The van der Waals surface area contributed by atoms with Crippen molar-refractivity contribution in [3.8, 4) is 0 Å². The molecule has 26 heavy (non-hydrogen) atoms. The Bertz CT molecular complexity index is 954. The Balaban J connectivity index is 1.47. The third kappa shape index (κ3) is 2.51. The van der Waals surface area contributed by atoms with Crippen molar-refractivity contribution < 1.29 is 0 Å². The number of hydrogen-bond acceptors (Lipinski definition) is 5. The molecule has 0 amide bonds. The fraction of sp³-hybridized carbons (Fsp3) is 0.286. The predicted octanol–water partition coefficient (Wildman–Crippen LogP) is 3.52. The van der Waals surface area contributed by atoms with Gasteiger partial charge < -0.3 is 9.80 Å². The van der Waals surface area contributed by atoms with Crippen LogP contribution in [0.3, 0.4) is 0 Å². The van der Waals surface area contributed by atoms with E-state index in [2.05, 4.69) is 75.5 Å². The molecular formula is C21H21N5. The van der Waals surface area contributed by atoms with Gasteiger partial charge in [0.1, 0.15) is 0 Å². The normalized spacial score (nSPS) is 18.6. The van der Waals surface area contributed by atoms with Gasteiger partial charge in [-0.2, -0.15) is 10.1 Å². The number of aromatic nitrogens is 3. The van der Waals surface area contributed by atoms with Crippen LogP contribution in [0.5, 0.6) is 0 Å². The highest BCUT2D eigenvalue weighted by atomic mass is 15.4. The van der Waals surface area contributed by atoms with E-state index in [4.69, 9.17) is 4.98 Å². The highest BCUT2D eigenvalue weighted by Crippen LogP contribution is 2.37. The first-order valence-corrected chi connectivity index (χ1v) is 9.18. The summed E-state index contributed by atoms with van der Waals surface area (Å²) in [6.45, 7) is 4.00. The molecule has 0 fully saturated rings. The molecule has 1 atom stereocenters. The van der Waals surface area contributed by atoms with Crippen LogP contribution in [0.15, 0.2) is 54.7 Å². The first-order valence-electron chi connectivity index (χ1n) is 9.18. The van der Waals surface area contributed by atoms with Crippen LogP contribution in [0.25, 0.3) is 0 Å². The van der Waals surface area contributed by atoms with Crippen molar-refractivity contribution >= 4 is 17.5 Å². The average Bonchev–Trinajstić information content (AvgIpc) is 3.03. The Labute approximate surface area is 153 Å². The molecule has 2 aliphatic heterocycles. The van der Waals surface area contributed by atoms with Gasteiger partial charge in [-0.05, 0) is 42.5 Å². The van der Waals surface area contributed by atoms with Crippen LogP contribution in [-0.2, 0) is 19.4 Å². The lowest BCUT2D eigenvalue weighted by Crippen LogP contribution is -2.33. The van der Waals surface area contributed by atoms with Crippen LogP contribution < -0.4 is 9.80 Å². The van der Waals surface area contributed by atoms with E-state index in [-0.39, 0.29) is 0 Å². The first kappa shape index (κ1) is 15.3. The molecule has 0 spiro atoms. The Morgan fingerprint density at radius 1 is 0.962 bits per heavy atom. The smallest absolute Gasteiger partial charge is 0.247 e. The molecule has 0 bridgehead atoms. The molecule has 2 aliphatic rings. The summed E-state index contributed by atoms with van der Waals surface area (Å²) in [5.41, 5.74) is 5.38. The van der Waals surface area contributed by atoms with Crippen LogP contribution in [0.1, 0.15) is 23.6 Å². The molecule has 0 N–H and O–H groups in total. The second-order valence-corrected chi connectivity index (χ2v) is 7.11. The number of benzene rings is 2. The second kappa shape index (κ2) is 6.09.